The Hall–Kier alpha value is -3.52. The predicted molar refractivity (Wildman–Crippen MR) is 122 cm³/mol. The van der Waals surface area contributed by atoms with Gasteiger partial charge in [0, 0.05) is 28.0 Å². The van der Waals surface area contributed by atoms with Crippen LogP contribution in [0.4, 0.5) is 5.69 Å². The molecule has 0 bridgehead atoms. The minimum absolute atomic E-state index is 0.132. The maximum atomic E-state index is 12.5. The minimum Gasteiger partial charge on any atom is -0.334 e. The van der Waals surface area contributed by atoms with Gasteiger partial charge in [-0.15, -0.1) is 0 Å². The van der Waals surface area contributed by atoms with Gasteiger partial charge < -0.3 is 14.4 Å². The summed E-state index contributed by atoms with van der Waals surface area (Å²) in [5.41, 5.74) is 3.76. The molecular formula is C23H19BrN4O3. The number of nitrogens with zero attached hydrogens (tertiary/aromatic N) is 3. The number of aromatic nitrogens is 3. The molecule has 8 heteroatoms. The van der Waals surface area contributed by atoms with Crippen molar-refractivity contribution in [2.75, 3.05) is 5.32 Å². The van der Waals surface area contributed by atoms with E-state index in [9.17, 15) is 9.59 Å². The number of pyridine rings is 1. The van der Waals surface area contributed by atoms with Crippen molar-refractivity contribution >= 4 is 27.5 Å². The number of aryl methyl sites for hydroxylation is 2. The Kier molecular flexibility index (Phi) is 5.81. The van der Waals surface area contributed by atoms with Crippen LogP contribution in [0.1, 0.15) is 11.1 Å². The summed E-state index contributed by atoms with van der Waals surface area (Å²) in [7, 11) is 0. The summed E-state index contributed by atoms with van der Waals surface area (Å²) in [5.74, 6) is 0.397. The number of benzene rings is 2. The number of amides is 1. The number of hydrogen-bond donors (Lipinski definition) is 1. The van der Waals surface area contributed by atoms with Crippen LogP contribution in [0.3, 0.4) is 0 Å². The van der Waals surface area contributed by atoms with Gasteiger partial charge in [-0.3, -0.25) is 9.59 Å². The summed E-state index contributed by atoms with van der Waals surface area (Å²) < 4.78 is 7.60. The van der Waals surface area contributed by atoms with Crippen LogP contribution < -0.4 is 10.9 Å². The van der Waals surface area contributed by atoms with Crippen molar-refractivity contribution < 1.29 is 9.32 Å². The van der Waals surface area contributed by atoms with E-state index in [1.807, 2.05) is 56.3 Å². The molecule has 31 heavy (non-hydrogen) atoms. The van der Waals surface area contributed by atoms with Crippen LogP contribution in [0, 0.1) is 13.8 Å². The molecule has 0 spiro atoms. The van der Waals surface area contributed by atoms with E-state index >= 15 is 0 Å². The number of halogens is 1. The Balaban J connectivity index is 1.56. The highest BCUT2D eigenvalue weighted by molar-refractivity contribution is 9.10. The second-order valence-electron chi connectivity index (χ2n) is 7.18. The van der Waals surface area contributed by atoms with Crippen LogP contribution in [-0.4, -0.2) is 20.6 Å². The third kappa shape index (κ3) is 4.80. The average Bonchev–Trinajstić information content (AvgIpc) is 3.23. The zero-order valence-electron chi connectivity index (χ0n) is 16.9. The molecule has 2 heterocycles. The number of nitrogens with one attached hydrogen (secondary N) is 1. The summed E-state index contributed by atoms with van der Waals surface area (Å²) in [6, 6.07) is 16.3. The lowest BCUT2D eigenvalue weighted by molar-refractivity contribution is -0.116. The molecule has 7 nitrogen and oxygen atoms in total. The number of rotatable bonds is 5. The Morgan fingerprint density at radius 2 is 1.94 bits per heavy atom. The highest BCUT2D eigenvalue weighted by atomic mass is 79.9. The van der Waals surface area contributed by atoms with Crippen molar-refractivity contribution in [1.82, 2.24) is 14.7 Å². The predicted octanol–water partition coefficient (Wildman–Crippen LogP) is 4.58. The van der Waals surface area contributed by atoms with Gasteiger partial charge in [-0.25, -0.2) is 0 Å². The summed E-state index contributed by atoms with van der Waals surface area (Å²) in [5, 5.41) is 6.88. The molecule has 0 saturated carbocycles. The van der Waals surface area contributed by atoms with E-state index in [4.69, 9.17) is 4.52 Å². The first-order valence-electron chi connectivity index (χ1n) is 9.57. The fraction of sp³-hybridized carbons (Fsp3) is 0.130. The molecule has 0 unspecified atom stereocenters. The molecule has 0 fully saturated rings. The van der Waals surface area contributed by atoms with Crippen LogP contribution in [0.15, 0.2) is 74.6 Å². The van der Waals surface area contributed by atoms with Gasteiger partial charge in [-0.2, -0.15) is 4.98 Å². The zero-order chi connectivity index (χ0) is 22.0. The van der Waals surface area contributed by atoms with Crippen molar-refractivity contribution in [2.45, 2.75) is 20.4 Å². The lowest BCUT2D eigenvalue weighted by Crippen LogP contribution is -2.27. The molecule has 4 aromatic rings. The molecule has 0 radical (unpaired) electrons. The number of carbonyl (C=O) groups is 1. The molecule has 156 valence electrons. The van der Waals surface area contributed by atoms with Gasteiger partial charge in [0.1, 0.15) is 6.54 Å². The fourth-order valence-electron chi connectivity index (χ4n) is 3.08. The smallest absolute Gasteiger partial charge is 0.259 e. The zero-order valence-corrected chi connectivity index (χ0v) is 18.5. The molecule has 0 aliphatic carbocycles. The fourth-order valence-corrected chi connectivity index (χ4v) is 3.48. The molecule has 1 N–H and O–H groups in total. The van der Waals surface area contributed by atoms with Gasteiger partial charge in [-0.1, -0.05) is 45.4 Å². The van der Waals surface area contributed by atoms with E-state index < -0.39 is 0 Å². The van der Waals surface area contributed by atoms with Crippen molar-refractivity contribution in [2.24, 2.45) is 0 Å². The normalized spacial score (nSPS) is 10.8. The number of hydrogen-bond acceptors (Lipinski definition) is 5. The summed E-state index contributed by atoms with van der Waals surface area (Å²) in [4.78, 5) is 29.2. The summed E-state index contributed by atoms with van der Waals surface area (Å²) >= 11 is 3.42. The quantitative estimate of drug-likeness (QED) is 0.453. The second-order valence-corrected chi connectivity index (χ2v) is 8.10. The van der Waals surface area contributed by atoms with E-state index in [1.165, 1.54) is 10.6 Å². The maximum absolute atomic E-state index is 12.5. The molecular weight excluding hydrogens is 460 g/mol. The maximum Gasteiger partial charge on any atom is 0.259 e. The third-order valence-electron chi connectivity index (χ3n) is 4.72. The van der Waals surface area contributed by atoms with Crippen molar-refractivity contribution in [1.29, 1.82) is 0 Å². The number of carbonyl (C=O) groups excluding carboxylic acids is 1. The molecule has 0 atom stereocenters. The number of anilines is 1. The van der Waals surface area contributed by atoms with E-state index in [0.717, 1.165) is 26.9 Å². The molecule has 2 aromatic carbocycles. The van der Waals surface area contributed by atoms with E-state index in [0.29, 0.717) is 11.4 Å². The van der Waals surface area contributed by atoms with E-state index in [-0.39, 0.29) is 23.9 Å². The van der Waals surface area contributed by atoms with E-state index in [2.05, 4.69) is 31.4 Å². The molecule has 1 amide bonds. The van der Waals surface area contributed by atoms with Gasteiger partial charge >= 0.3 is 0 Å². The van der Waals surface area contributed by atoms with Gasteiger partial charge in [0.25, 0.3) is 11.4 Å². The highest BCUT2D eigenvalue weighted by Crippen LogP contribution is 2.24. The van der Waals surface area contributed by atoms with Crippen LogP contribution in [0.5, 0.6) is 0 Å². The SMILES string of the molecule is Cc1ccc(C)c(NC(=O)Cn2cc(-c3nc(-c4cccc(Br)c4)no3)ccc2=O)c1. The first-order chi connectivity index (χ1) is 14.9. The lowest BCUT2D eigenvalue weighted by Gasteiger charge is -2.11. The molecule has 0 aliphatic heterocycles. The first kappa shape index (κ1) is 20.7. The Labute approximate surface area is 186 Å². The molecule has 0 saturated heterocycles. The largest absolute Gasteiger partial charge is 0.334 e. The lowest BCUT2D eigenvalue weighted by atomic mass is 10.1. The summed E-state index contributed by atoms with van der Waals surface area (Å²) in [6.07, 6.45) is 1.54. The highest BCUT2D eigenvalue weighted by Gasteiger charge is 2.14. The Morgan fingerprint density at radius 3 is 2.74 bits per heavy atom. The standard InChI is InChI=1S/C23H19BrN4O3/c1-14-6-7-15(2)19(10-14)25-20(29)13-28-12-17(8-9-21(28)30)23-26-22(27-31-23)16-4-3-5-18(24)11-16/h3-12H,13H2,1-2H3,(H,25,29). The van der Waals surface area contributed by atoms with Crippen LogP contribution in [0.2, 0.25) is 0 Å². The van der Waals surface area contributed by atoms with Crippen molar-refractivity contribution in [3.8, 4) is 22.8 Å². The van der Waals surface area contributed by atoms with E-state index in [1.54, 1.807) is 12.3 Å². The van der Waals surface area contributed by atoms with Crippen LogP contribution >= 0.6 is 15.9 Å². The Morgan fingerprint density at radius 1 is 1.10 bits per heavy atom. The van der Waals surface area contributed by atoms with Crippen molar-refractivity contribution in [3.63, 3.8) is 0 Å². The molecule has 4 rings (SSSR count). The first-order valence-corrected chi connectivity index (χ1v) is 10.4. The summed E-state index contributed by atoms with van der Waals surface area (Å²) in [6.45, 7) is 3.74. The minimum atomic E-state index is -0.299. The van der Waals surface area contributed by atoms with Gasteiger partial charge in [0.15, 0.2) is 0 Å². The van der Waals surface area contributed by atoms with Crippen LogP contribution in [0.25, 0.3) is 22.8 Å². The monoisotopic (exact) mass is 478 g/mol. The van der Waals surface area contributed by atoms with Crippen molar-refractivity contribution in [3.05, 3.63) is 86.7 Å². The topological polar surface area (TPSA) is 90.0 Å². The molecule has 0 aliphatic rings. The van der Waals surface area contributed by atoms with Gasteiger partial charge in [0.2, 0.25) is 11.7 Å². The van der Waals surface area contributed by atoms with Crippen LogP contribution in [-0.2, 0) is 11.3 Å². The molecule has 2 aromatic heterocycles. The average molecular weight is 479 g/mol. The third-order valence-corrected chi connectivity index (χ3v) is 5.21. The van der Waals surface area contributed by atoms with Gasteiger partial charge in [-0.05, 0) is 49.2 Å². The second kappa shape index (κ2) is 8.69. The van der Waals surface area contributed by atoms with Gasteiger partial charge in [0.05, 0.1) is 5.56 Å². The Bertz CT molecular complexity index is 1330.